The molecule has 17 heteroatoms. The van der Waals surface area contributed by atoms with Gasteiger partial charge in [0.05, 0.1) is 0 Å². The van der Waals surface area contributed by atoms with E-state index < -0.39 is 72.3 Å². The number of hydrogen-bond donors (Lipinski definition) is 5. The van der Waals surface area contributed by atoms with Crippen molar-refractivity contribution in [3.8, 4) is 0 Å². The largest absolute Gasteiger partial charge is 0.480 e. The van der Waals surface area contributed by atoms with Gasteiger partial charge in [0.15, 0.2) is 0 Å². The lowest BCUT2D eigenvalue weighted by Gasteiger charge is -2.33. The quantitative estimate of drug-likeness (QED) is 0.141. The summed E-state index contributed by atoms with van der Waals surface area (Å²) in [6.07, 6.45) is 8.52. The van der Waals surface area contributed by atoms with E-state index in [4.69, 9.17) is 10.8 Å². The molecule has 0 aromatic heterocycles. The summed E-state index contributed by atoms with van der Waals surface area (Å²) in [7, 11) is 1.82. The highest BCUT2D eigenvalue weighted by Gasteiger charge is 2.44. The molecule has 3 saturated heterocycles. The van der Waals surface area contributed by atoms with Gasteiger partial charge in [0, 0.05) is 44.9 Å². The molecule has 0 spiro atoms. The Morgan fingerprint density at radius 2 is 1.46 bits per heavy atom. The number of likely N-dealkylation sites (tertiary alicyclic amines) is 3. The molecule has 4 aliphatic heterocycles. The number of nitrogens with zero attached hydrogens (tertiary/aromatic N) is 4. The van der Waals surface area contributed by atoms with Crippen LogP contribution in [0.1, 0.15) is 78.1 Å². The number of carbonyl (C=O) groups is 8. The van der Waals surface area contributed by atoms with E-state index in [9.17, 15) is 38.4 Å². The summed E-state index contributed by atoms with van der Waals surface area (Å²) in [6, 6.07) is -4.91. The first-order valence-corrected chi connectivity index (χ1v) is 18.1. The van der Waals surface area contributed by atoms with Crippen molar-refractivity contribution in [3.63, 3.8) is 0 Å². The van der Waals surface area contributed by atoms with Crippen LogP contribution in [0.3, 0.4) is 0 Å². The van der Waals surface area contributed by atoms with Crippen molar-refractivity contribution in [1.82, 2.24) is 35.6 Å². The fourth-order valence-electron chi connectivity index (χ4n) is 7.35. The van der Waals surface area contributed by atoms with Crippen LogP contribution < -0.4 is 21.7 Å². The van der Waals surface area contributed by atoms with Crippen molar-refractivity contribution in [2.24, 2.45) is 11.7 Å². The SMILES string of the molecule is CC(C)C[C@H](NC(=O)[C@H](CCC(N)=O)NC(=O)[C@@H]1CCCN1C(=O)[C@@H]1CCCN1C(=O)C1=CN(C)C=CC1)C(=O)N1CCC[C@H]1C(=O)NCC(=O)O. The zero-order chi connectivity index (χ0) is 38.1. The van der Waals surface area contributed by atoms with Gasteiger partial charge in [-0.3, -0.25) is 38.4 Å². The highest BCUT2D eigenvalue weighted by Crippen LogP contribution is 2.28. The van der Waals surface area contributed by atoms with Gasteiger partial charge in [0.1, 0.15) is 36.8 Å². The summed E-state index contributed by atoms with van der Waals surface area (Å²) < 4.78 is 0. The van der Waals surface area contributed by atoms with Gasteiger partial charge in [0.25, 0.3) is 5.91 Å². The number of amides is 7. The second kappa shape index (κ2) is 18.0. The lowest BCUT2D eigenvalue weighted by molar-refractivity contribution is -0.146. The molecule has 0 radical (unpaired) electrons. The minimum atomic E-state index is -1.28. The Labute approximate surface area is 303 Å². The van der Waals surface area contributed by atoms with Crippen LogP contribution in [0.4, 0.5) is 0 Å². The van der Waals surface area contributed by atoms with E-state index in [-0.39, 0.29) is 43.5 Å². The molecule has 52 heavy (non-hydrogen) atoms. The molecular formula is C35H52N8O9. The minimum absolute atomic E-state index is 0.0679. The second-order valence-corrected chi connectivity index (χ2v) is 14.3. The molecule has 0 aromatic rings. The number of primary amides is 1. The van der Waals surface area contributed by atoms with Crippen molar-refractivity contribution >= 4 is 47.3 Å². The van der Waals surface area contributed by atoms with Gasteiger partial charge in [0.2, 0.25) is 35.4 Å². The van der Waals surface area contributed by atoms with E-state index in [2.05, 4.69) is 16.0 Å². The predicted octanol–water partition coefficient (Wildman–Crippen LogP) is -0.825. The van der Waals surface area contributed by atoms with Crippen LogP contribution in [-0.2, 0) is 38.4 Å². The standard InChI is InChI=1S/C35H52N8O9/c1-21(2)18-24(34(51)41-15-5-9-25(41)31(48)37-19-29(45)46)39-30(47)23(12-13-28(36)44)38-32(49)26-10-6-16-42(26)35(52)27-11-7-17-43(27)33(50)22-8-4-14-40(3)20-22/h4,14,20-21,23-27H,5-13,15-19H2,1-3H3,(H2,36,44)(H,37,48)(H,38,49)(H,39,47)(H,45,46)/t23-,24-,25-,26-,27-/m0/s1. The van der Waals surface area contributed by atoms with Crippen molar-refractivity contribution in [2.45, 2.75) is 108 Å². The monoisotopic (exact) mass is 728 g/mol. The van der Waals surface area contributed by atoms with E-state index in [0.717, 1.165) is 0 Å². The number of carboxylic acid groups (broad SMARTS) is 1. The minimum Gasteiger partial charge on any atom is -0.480 e. The normalized spacial score (nSPS) is 22.5. The van der Waals surface area contributed by atoms with Gasteiger partial charge in [-0.2, -0.15) is 0 Å². The van der Waals surface area contributed by atoms with Crippen LogP contribution >= 0.6 is 0 Å². The fraction of sp³-hybridized carbons (Fsp3) is 0.657. The predicted molar refractivity (Wildman–Crippen MR) is 186 cm³/mol. The zero-order valence-electron chi connectivity index (χ0n) is 30.2. The number of rotatable bonds is 15. The molecule has 0 aliphatic carbocycles. The van der Waals surface area contributed by atoms with E-state index in [0.29, 0.717) is 63.6 Å². The molecule has 4 aliphatic rings. The molecular weight excluding hydrogens is 676 g/mol. The number of allylic oxidation sites excluding steroid dienone is 1. The van der Waals surface area contributed by atoms with Crippen molar-refractivity contribution < 1.29 is 43.5 Å². The van der Waals surface area contributed by atoms with Crippen molar-refractivity contribution in [3.05, 3.63) is 24.0 Å². The molecule has 0 aromatic carbocycles. The third-order valence-corrected chi connectivity index (χ3v) is 9.84. The van der Waals surface area contributed by atoms with Crippen LogP contribution in [0.25, 0.3) is 0 Å². The Hall–Kier alpha value is -4.96. The molecule has 0 bridgehead atoms. The molecule has 0 unspecified atom stereocenters. The first-order chi connectivity index (χ1) is 24.7. The Kier molecular flexibility index (Phi) is 13.8. The Morgan fingerprint density at radius 3 is 2.08 bits per heavy atom. The van der Waals surface area contributed by atoms with Crippen LogP contribution in [-0.4, -0.2) is 135 Å². The Balaban J connectivity index is 1.46. The molecule has 3 fully saturated rings. The van der Waals surface area contributed by atoms with E-state index in [1.807, 2.05) is 33.2 Å². The first-order valence-electron chi connectivity index (χ1n) is 18.1. The highest BCUT2D eigenvalue weighted by atomic mass is 16.4. The summed E-state index contributed by atoms with van der Waals surface area (Å²) >= 11 is 0. The van der Waals surface area contributed by atoms with Crippen molar-refractivity contribution in [2.75, 3.05) is 33.2 Å². The Bertz CT molecular complexity index is 1480. The van der Waals surface area contributed by atoms with Gasteiger partial charge < -0.3 is 46.4 Å². The fourth-order valence-corrected chi connectivity index (χ4v) is 7.35. The van der Waals surface area contributed by atoms with Crippen molar-refractivity contribution in [1.29, 1.82) is 0 Å². The average molecular weight is 729 g/mol. The Morgan fingerprint density at radius 1 is 0.846 bits per heavy atom. The maximum absolute atomic E-state index is 13.9. The van der Waals surface area contributed by atoms with Crippen LogP contribution in [0.5, 0.6) is 0 Å². The number of carbonyl (C=O) groups excluding carboxylic acids is 7. The first kappa shape index (κ1) is 39.8. The highest BCUT2D eigenvalue weighted by molar-refractivity contribution is 5.99. The lowest BCUT2D eigenvalue weighted by atomic mass is 10.0. The molecule has 0 saturated carbocycles. The van der Waals surface area contributed by atoms with E-state index >= 15 is 0 Å². The van der Waals surface area contributed by atoms with Gasteiger partial charge in [-0.05, 0) is 69.9 Å². The average Bonchev–Trinajstić information content (AvgIpc) is 3.89. The number of nitrogens with one attached hydrogen (secondary N) is 3. The molecule has 17 nitrogen and oxygen atoms in total. The second-order valence-electron chi connectivity index (χ2n) is 14.3. The van der Waals surface area contributed by atoms with Gasteiger partial charge in [-0.1, -0.05) is 19.9 Å². The van der Waals surface area contributed by atoms with Gasteiger partial charge in [-0.15, -0.1) is 0 Å². The van der Waals surface area contributed by atoms with Crippen LogP contribution in [0.2, 0.25) is 0 Å². The van der Waals surface area contributed by atoms with Gasteiger partial charge in [-0.25, -0.2) is 0 Å². The number of nitrogens with two attached hydrogens (primary N) is 1. The van der Waals surface area contributed by atoms with Gasteiger partial charge >= 0.3 is 5.97 Å². The molecule has 4 rings (SSSR count). The number of hydrogen-bond acceptors (Lipinski definition) is 9. The molecule has 7 amide bonds. The lowest BCUT2D eigenvalue weighted by Crippen LogP contribution is -2.59. The number of carboxylic acids is 1. The van der Waals surface area contributed by atoms with Crippen LogP contribution in [0.15, 0.2) is 24.0 Å². The summed E-state index contributed by atoms with van der Waals surface area (Å²) in [5.74, 6) is -5.01. The zero-order valence-corrected chi connectivity index (χ0v) is 30.2. The maximum Gasteiger partial charge on any atom is 0.322 e. The molecule has 286 valence electrons. The molecule has 4 heterocycles. The van der Waals surface area contributed by atoms with Crippen LogP contribution in [0, 0.1) is 5.92 Å². The van der Waals surface area contributed by atoms with E-state index in [1.165, 1.54) is 9.80 Å². The topological polar surface area (TPSA) is 232 Å². The number of aliphatic carboxylic acids is 1. The summed E-state index contributed by atoms with van der Waals surface area (Å²) in [6.45, 7) is 4.06. The molecule has 6 N–H and O–H groups in total. The summed E-state index contributed by atoms with van der Waals surface area (Å²) in [5, 5.41) is 16.7. The summed E-state index contributed by atoms with van der Waals surface area (Å²) in [5.41, 5.74) is 5.96. The third kappa shape index (κ3) is 10.1. The third-order valence-electron chi connectivity index (χ3n) is 9.84. The maximum atomic E-state index is 13.9. The summed E-state index contributed by atoms with van der Waals surface area (Å²) in [4.78, 5) is 110. The molecule has 5 atom stereocenters. The van der Waals surface area contributed by atoms with E-state index in [1.54, 1.807) is 16.0 Å². The smallest absolute Gasteiger partial charge is 0.322 e.